The fourth-order valence-electron chi connectivity index (χ4n) is 1.78. The number of nitrogens with zero attached hydrogens (tertiary/aromatic N) is 1. The van der Waals surface area contributed by atoms with Crippen LogP contribution in [0.3, 0.4) is 0 Å². The summed E-state index contributed by atoms with van der Waals surface area (Å²) in [6.45, 7) is 5.02. The van der Waals surface area contributed by atoms with Gasteiger partial charge in [0.25, 0.3) is 5.69 Å². The molecule has 16 heavy (non-hydrogen) atoms. The minimum atomic E-state index is -0.349. The topological polar surface area (TPSA) is 55.2 Å². The van der Waals surface area contributed by atoms with Gasteiger partial charge in [0.05, 0.1) is 4.92 Å². The Balaban J connectivity index is 2.90. The lowest BCUT2D eigenvalue weighted by molar-refractivity contribution is -0.384. The van der Waals surface area contributed by atoms with Gasteiger partial charge in [-0.2, -0.15) is 0 Å². The average molecular weight is 222 g/mol. The zero-order valence-corrected chi connectivity index (χ0v) is 9.77. The van der Waals surface area contributed by atoms with E-state index in [1.54, 1.807) is 12.1 Å². The molecule has 1 atom stereocenters. The lowest BCUT2D eigenvalue weighted by atomic mass is 10.0. The van der Waals surface area contributed by atoms with Crippen molar-refractivity contribution in [1.82, 2.24) is 5.32 Å². The minimum Gasteiger partial charge on any atom is -0.310 e. The molecule has 4 nitrogen and oxygen atoms in total. The number of nitrogens with one attached hydrogen (secondary N) is 1. The standard InChI is InChI=1S/C12H18N2O2/c1-3-6-12(13-4-2)10-7-5-8-11(9-10)14(15)16/h5,7-9,12-13H,3-4,6H2,1-2H3. The van der Waals surface area contributed by atoms with Crippen molar-refractivity contribution >= 4 is 5.69 Å². The molecule has 0 bridgehead atoms. The molecule has 0 radical (unpaired) electrons. The first-order valence-electron chi connectivity index (χ1n) is 5.66. The van der Waals surface area contributed by atoms with Crippen LogP contribution in [0.25, 0.3) is 0 Å². The molecule has 0 aliphatic heterocycles. The molecule has 0 fully saturated rings. The molecular weight excluding hydrogens is 204 g/mol. The fourth-order valence-corrected chi connectivity index (χ4v) is 1.78. The Labute approximate surface area is 95.8 Å². The van der Waals surface area contributed by atoms with Gasteiger partial charge in [-0.25, -0.2) is 0 Å². The monoisotopic (exact) mass is 222 g/mol. The van der Waals surface area contributed by atoms with E-state index in [0.717, 1.165) is 24.9 Å². The molecule has 0 heterocycles. The summed E-state index contributed by atoms with van der Waals surface area (Å²) >= 11 is 0. The van der Waals surface area contributed by atoms with Crippen molar-refractivity contribution in [2.24, 2.45) is 0 Å². The maximum Gasteiger partial charge on any atom is 0.269 e. The molecule has 0 aliphatic rings. The molecule has 4 heteroatoms. The number of hydrogen-bond donors (Lipinski definition) is 1. The third kappa shape index (κ3) is 3.31. The van der Waals surface area contributed by atoms with Crippen molar-refractivity contribution in [3.8, 4) is 0 Å². The summed E-state index contributed by atoms with van der Waals surface area (Å²) in [4.78, 5) is 10.3. The molecule has 1 aromatic rings. The highest BCUT2D eigenvalue weighted by Gasteiger charge is 2.12. The van der Waals surface area contributed by atoms with Gasteiger partial charge in [0.15, 0.2) is 0 Å². The second-order valence-corrected chi connectivity index (χ2v) is 3.75. The second kappa shape index (κ2) is 6.23. The van der Waals surface area contributed by atoms with Gasteiger partial charge in [0.1, 0.15) is 0 Å². The first kappa shape index (κ1) is 12.6. The summed E-state index contributed by atoms with van der Waals surface area (Å²) in [7, 11) is 0. The predicted molar refractivity (Wildman–Crippen MR) is 64.4 cm³/mol. The van der Waals surface area contributed by atoms with Crippen molar-refractivity contribution in [3.05, 3.63) is 39.9 Å². The van der Waals surface area contributed by atoms with Crippen molar-refractivity contribution in [2.45, 2.75) is 32.7 Å². The van der Waals surface area contributed by atoms with Gasteiger partial charge < -0.3 is 5.32 Å². The molecule has 0 amide bonds. The Morgan fingerprint density at radius 2 is 2.19 bits per heavy atom. The van der Waals surface area contributed by atoms with E-state index in [1.165, 1.54) is 6.07 Å². The van der Waals surface area contributed by atoms with Crippen LogP contribution < -0.4 is 5.32 Å². The maximum atomic E-state index is 10.7. The Morgan fingerprint density at radius 1 is 1.44 bits per heavy atom. The van der Waals surface area contributed by atoms with Gasteiger partial charge in [-0.1, -0.05) is 32.4 Å². The molecule has 1 aromatic carbocycles. The Hall–Kier alpha value is -1.42. The van der Waals surface area contributed by atoms with Crippen molar-refractivity contribution in [1.29, 1.82) is 0 Å². The van der Waals surface area contributed by atoms with E-state index in [9.17, 15) is 10.1 Å². The van der Waals surface area contributed by atoms with E-state index in [4.69, 9.17) is 0 Å². The minimum absolute atomic E-state index is 0.163. The third-order valence-corrected chi connectivity index (χ3v) is 2.51. The summed E-state index contributed by atoms with van der Waals surface area (Å²) in [5.74, 6) is 0. The van der Waals surface area contributed by atoms with Crippen molar-refractivity contribution in [3.63, 3.8) is 0 Å². The van der Waals surface area contributed by atoms with E-state index >= 15 is 0 Å². The normalized spacial score (nSPS) is 12.4. The van der Waals surface area contributed by atoms with Gasteiger partial charge in [-0.3, -0.25) is 10.1 Å². The maximum absolute atomic E-state index is 10.7. The van der Waals surface area contributed by atoms with Crippen LogP contribution >= 0.6 is 0 Å². The van der Waals surface area contributed by atoms with Crippen LogP contribution in [0.2, 0.25) is 0 Å². The van der Waals surface area contributed by atoms with E-state index in [2.05, 4.69) is 12.2 Å². The molecule has 0 saturated carbocycles. The van der Waals surface area contributed by atoms with Crippen LogP contribution in [0.5, 0.6) is 0 Å². The van der Waals surface area contributed by atoms with Crippen LogP contribution in [-0.4, -0.2) is 11.5 Å². The smallest absolute Gasteiger partial charge is 0.269 e. The average Bonchev–Trinajstić information content (AvgIpc) is 2.29. The summed E-state index contributed by atoms with van der Waals surface area (Å²) < 4.78 is 0. The van der Waals surface area contributed by atoms with Crippen LogP contribution in [0.4, 0.5) is 5.69 Å². The van der Waals surface area contributed by atoms with Crippen LogP contribution in [0.1, 0.15) is 38.3 Å². The Morgan fingerprint density at radius 3 is 2.75 bits per heavy atom. The summed E-state index contributed by atoms with van der Waals surface area (Å²) in [6.07, 6.45) is 2.05. The number of non-ortho nitro benzene ring substituents is 1. The molecule has 0 aliphatic carbocycles. The number of benzene rings is 1. The number of hydrogen-bond acceptors (Lipinski definition) is 3. The van der Waals surface area contributed by atoms with Gasteiger partial charge in [0, 0.05) is 18.2 Å². The number of rotatable bonds is 6. The van der Waals surface area contributed by atoms with Gasteiger partial charge >= 0.3 is 0 Å². The van der Waals surface area contributed by atoms with Gasteiger partial charge in [0.2, 0.25) is 0 Å². The van der Waals surface area contributed by atoms with Crippen LogP contribution in [0.15, 0.2) is 24.3 Å². The zero-order chi connectivity index (χ0) is 12.0. The first-order valence-corrected chi connectivity index (χ1v) is 5.66. The highest BCUT2D eigenvalue weighted by Crippen LogP contribution is 2.22. The Bertz CT molecular complexity index is 347. The molecule has 0 aromatic heterocycles. The SMILES string of the molecule is CCCC(NCC)c1cccc([N+](=O)[O-])c1. The highest BCUT2D eigenvalue weighted by molar-refractivity contribution is 5.35. The zero-order valence-electron chi connectivity index (χ0n) is 9.77. The third-order valence-electron chi connectivity index (χ3n) is 2.51. The summed E-state index contributed by atoms with van der Waals surface area (Å²) in [6, 6.07) is 7.08. The highest BCUT2D eigenvalue weighted by atomic mass is 16.6. The lowest BCUT2D eigenvalue weighted by Gasteiger charge is -2.17. The molecule has 0 saturated heterocycles. The fraction of sp³-hybridized carbons (Fsp3) is 0.500. The lowest BCUT2D eigenvalue weighted by Crippen LogP contribution is -2.20. The molecule has 0 spiro atoms. The van der Waals surface area contributed by atoms with E-state index < -0.39 is 0 Å². The summed E-state index contributed by atoms with van der Waals surface area (Å²) in [5, 5.41) is 14.0. The summed E-state index contributed by atoms with van der Waals surface area (Å²) in [5.41, 5.74) is 1.16. The van der Waals surface area contributed by atoms with Crippen LogP contribution in [-0.2, 0) is 0 Å². The van der Waals surface area contributed by atoms with E-state index in [1.807, 2.05) is 13.0 Å². The van der Waals surface area contributed by atoms with Gasteiger partial charge in [-0.05, 0) is 18.5 Å². The van der Waals surface area contributed by atoms with Crippen LogP contribution in [0, 0.1) is 10.1 Å². The second-order valence-electron chi connectivity index (χ2n) is 3.75. The molecular formula is C12H18N2O2. The molecule has 1 unspecified atom stereocenters. The van der Waals surface area contributed by atoms with Crippen molar-refractivity contribution in [2.75, 3.05) is 6.54 Å². The molecule has 1 rings (SSSR count). The van der Waals surface area contributed by atoms with E-state index in [0.29, 0.717) is 0 Å². The molecule has 1 N–H and O–H groups in total. The largest absolute Gasteiger partial charge is 0.310 e. The van der Waals surface area contributed by atoms with Crippen molar-refractivity contribution < 1.29 is 4.92 Å². The number of nitro benzene ring substituents is 1. The molecule has 88 valence electrons. The Kier molecular flexibility index (Phi) is 4.92. The first-order chi connectivity index (χ1) is 7.69. The quantitative estimate of drug-likeness (QED) is 0.594. The predicted octanol–water partition coefficient (Wildman–Crippen LogP) is 3.05. The number of nitro groups is 1. The van der Waals surface area contributed by atoms with Gasteiger partial charge in [-0.15, -0.1) is 0 Å². The van der Waals surface area contributed by atoms with E-state index in [-0.39, 0.29) is 16.7 Å².